The third-order valence-corrected chi connectivity index (χ3v) is 1.24. The molecular weight excluding hydrogens is 98.1 g/mol. The summed E-state index contributed by atoms with van der Waals surface area (Å²) in [5.74, 6) is 0. The van der Waals surface area contributed by atoms with Gasteiger partial charge in [0.05, 0.1) is 0 Å². The monoisotopic (exact) mass is 111 g/mol. The molecule has 0 saturated heterocycles. The zero-order valence-electron chi connectivity index (χ0n) is 5.57. The molecular formula is C7H13N. The van der Waals surface area contributed by atoms with Gasteiger partial charge in [-0.05, 0) is 19.4 Å². The Bertz CT molecular complexity index is 112. The quantitative estimate of drug-likeness (QED) is 0.536. The number of hydrogen-bond donors (Lipinski definition) is 1. The van der Waals surface area contributed by atoms with E-state index in [2.05, 4.69) is 6.58 Å². The van der Waals surface area contributed by atoms with E-state index in [1.165, 1.54) is 5.57 Å². The van der Waals surface area contributed by atoms with Crippen molar-refractivity contribution in [2.45, 2.75) is 13.8 Å². The molecule has 1 nitrogen and oxygen atoms in total. The van der Waals surface area contributed by atoms with Gasteiger partial charge in [0.1, 0.15) is 0 Å². The van der Waals surface area contributed by atoms with E-state index in [-0.39, 0.29) is 0 Å². The Morgan fingerprint density at radius 2 is 2.25 bits per heavy atom. The average molecular weight is 111 g/mol. The first-order chi connectivity index (χ1) is 3.72. The summed E-state index contributed by atoms with van der Waals surface area (Å²) in [4.78, 5) is 0. The van der Waals surface area contributed by atoms with Gasteiger partial charge in [-0.25, -0.2) is 0 Å². The van der Waals surface area contributed by atoms with Crippen LogP contribution in [-0.2, 0) is 0 Å². The molecule has 8 heavy (non-hydrogen) atoms. The van der Waals surface area contributed by atoms with Gasteiger partial charge in [0.25, 0.3) is 0 Å². The Hall–Kier alpha value is -0.560. The van der Waals surface area contributed by atoms with Crippen LogP contribution < -0.4 is 5.73 Å². The zero-order chi connectivity index (χ0) is 6.57. The third kappa shape index (κ3) is 1.94. The maximum Gasteiger partial charge on any atom is 0.0174 e. The van der Waals surface area contributed by atoms with Gasteiger partial charge in [-0.15, -0.1) is 0 Å². The Morgan fingerprint density at radius 3 is 2.38 bits per heavy atom. The van der Waals surface area contributed by atoms with Crippen LogP contribution >= 0.6 is 0 Å². The van der Waals surface area contributed by atoms with Gasteiger partial charge in [-0.2, -0.15) is 0 Å². The van der Waals surface area contributed by atoms with Crippen molar-refractivity contribution >= 4 is 0 Å². The summed E-state index contributed by atoms with van der Waals surface area (Å²) >= 11 is 0. The lowest BCUT2D eigenvalue weighted by Gasteiger charge is -1.98. The lowest BCUT2D eigenvalue weighted by atomic mass is 10.1. The van der Waals surface area contributed by atoms with Crippen LogP contribution in [0.3, 0.4) is 0 Å². The predicted molar refractivity (Wildman–Crippen MR) is 37.6 cm³/mol. The third-order valence-electron chi connectivity index (χ3n) is 1.24. The minimum atomic E-state index is 0.566. The predicted octanol–water partition coefficient (Wildman–Crippen LogP) is 1.47. The van der Waals surface area contributed by atoms with Crippen molar-refractivity contribution in [3.05, 3.63) is 23.8 Å². The SMILES string of the molecule is C=C(CN)/C(C)=C/C. The molecule has 0 fully saturated rings. The number of rotatable bonds is 2. The summed E-state index contributed by atoms with van der Waals surface area (Å²) in [5.41, 5.74) is 7.52. The van der Waals surface area contributed by atoms with Crippen molar-refractivity contribution in [3.8, 4) is 0 Å². The minimum absolute atomic E-state index is 0.566. The molecule has 0 aliphatic heterocycles. The summed E-state index contributed by atoms with van der Waals surface area (Å²) in [6.07, 6.45) is 2.01. The van der Waals surface area contributed by atoms with Gasteiger partial charge >= 0.3 is 0 Å². The van der Waals surface area contributed by atoms with Crippen molar-refractivity contribution in [1.29, 1.82) is 0 Å². The molecule has 0 rings (SSSR count). The van der Waals surface area contributed by atoms with Crippen LogP contribution in [0.2, 0.25) is 0 Å². The Labute approximate surface area is 50.9 Å². The smallest absolute Gasteiger partial charge is 0.0174 e. The van der Waals surface area contributed by atoms with E-state index < -0.39 is 0 Å². The molecule has 0 atom stereocenters. The van der Waals surface area contributed by atoms with E-state index in [1.807, 2.05) is 19.9 Å². The van der Waals surface area contributed by atoms with Crippen LogP contribution in [-0.4, -0.2) is 6.54 Å². The first-order valence-corrected chi connectivity index (χ1v) is 2.73. The Balaban J connectivity index is 3.83. The molecule has 2 N–H and O–H groups in total. The van der Waals surface area contributed by atoms with Gasteiger partial charge in [0, 0.05) is 6.54 Å². The normalized spacial score (nSPS) is 11.6. The molecule has 0 unspecified atom stereocenters. The Kier molecular flexibility index (Phi) is 3.20. The first kappa shape index (κ1) is 7.44. The molecule has 0 aromatic carbocycles. The van der Waals surface area contributed by atoms with E-state index in [1.54, 1.807) is 0 Å². The fourth-order valence-corrected chi connectivity index (χ4v) is 0.365. The summed E-state index contributed by atoms with van der Waals surface area (Å²) in [7, 11) is 0. The maximum absolute atomic E-state index is 5.31. The highest BCUT2D eigenvalue weighted by molar-refractivity contribution is 5.25. The molecule has 0 spiro atoms. The lowest BCUT2D eigenvalue weighted by Crippen LogP contribution is -2.02. The second-order valence-corrected chi connectivity index (χ2v) is 1.78. The van der Waals surface area contributed by atoms with Crippen LogP contribution in [0.4, 0.5) is 0 Å². The van der Waals surface area contributed by atoms with E-state index in [0.717, 1.165) is 5.57 Å². The topological polar surface area (TPSA) is 26.0 Å². The first-order valence-electron chi connectivity index (χ1n) is 2.73. The molecule has 0 radical (unpaired) electrons. The second-order valence-electron chi connectivity index (χ2n) is 1.78. The van der Waals surface area contributed by atoms with Gasteiger partial charge in [-0.3, -0.25) is 0 Å². The van der Waals surface area contributed by atoms with Crippen LogP contribution in [0.25, 0.3) is 0 Å². The van der Waals surface area contributed by atoms with Crippen molar-refractivity contribution in [1.82, 2.24) is 0 Å². The second kappa shape index (κ2) is 3.44. The molecule has 0 aromatic rings. The fraction of sp³-hybridized carbons (Fsp3) is 0.429. The van der Waals surface area contributed by atoms with Crippen LogP contribution in [0, 0.1) is 0 Å². The van der Waals surface area contributed by atoms with Crippen LogP contribution in [0.5, 0.6) is 0 Å². The van der Waals surface area contributed by atoms with Crippen molar-refractivity contribution in [3.63, 3.8) is 0 Å². The summed E-state index contributed by atoms with van der Waals surface area (Å²) in [6, 6.07) is 0. The number of allylic oxidation sites excluding steroid dienone is 1. The van der Waals surface area contributed by atoms with Gasteiger partial charge in [-0.1, -0.05) is 18.2 Å². The number of hydrogen-bond acceptors (Lipinski definition) is 1. The van der Waals surface area contributed by atoms with E-state index >= 15 is 0 Å². The molecule has 0 aliphatic rings. The van der Waals surface area contributed by atoms with E-state index in [0.29, 0.717) is 6.54 Å². The summed E-state index contributed by atoms with van der Waals surface area (Å²) in [5, 5.41) is 0. The van der Waals surface area contributed by atoms with Gasteiger partial charge in [0.15, 0.2) is 0 Å². The van der Waals surface area contributed by atoms with Gasteiger partial charge in [0.2, 0.25) is 0 Å². The van der Waals surface area contributed by atoms with E-state index in [4.69, 9.17) is 5.73 Å². The average Bonchev–Trinajstić information content (AvgIpc) is 1.84. The molecule has 0 amide bonds. The molecule has 0 saturated carbocycles. The lowest BCUT2D eigenvalue weighted by molar-refractivity contribution is 1.15. The molecule has 0 aliphatic carbocycles. The maximum atomic E-state index is 5.31. The highest BCUT2D eigenvalue weighted by atomic mass is 14.5. The van der Waals surface area contributed by atoms with Crippen molar-refractivity contribution in [2.24, 2.45) is 5.73 Å². The molecule has 46 valence electrons. The highest BCUT2D eigenvalue weighted by Crippen LogP contribution is 2.02. The number of nitrogens with two attached hydrogens (primary N) is 1. The molecule has 1 heteroatoms. The van der Waals surface area contributed by atoms with Crippen molar-refractivity contribution in [2.75, 3.05) is 6.54 Å². The standard InChI is InChI=1S/C7H13N/c1-4-6(2)7(3)5-8/h4H,3,5,8H2,1-2H3/b6-4+. The van der Waals surface area contributed by atoms with E-state index in [9.17, 15) is 0 Å². The minimum Gasteiger partial charge on any atom is -0.327 e. The summed E-state index contributed by atoms with van der Waals surface area (Å²) in [6.45, 7) is 8.31. The molecule has 0 bridgehead atoms. The van der Waals surface area contributed by atoms with Crippen molar-refractivity contribution < 1.29 is 0 Å². The molecule has 0 heterocycles. The fourth-order valence-electron chi connectivity index (χ4n) is 0.365. The highest BCUT2D eigenvalue weighted by Gasteiger charge is 1.88. The van der Waals surface area contributed by atoms with Crippen LogP contribution in [0.15, 0.2) is 23.8 Å². The Morgan fingerprint density at radius 1 is 1.75 bits per heavy atom. The van der Waals surface area contributed by atoms with Crippen LogP contribution in [0.1, 0.15) is 13.8 Å². The van der Waals surface area contributed by atoms with Gasteiger partial charge < -0.3 is 5.73 Å². The molecule has 0 aromatic heterocycles. The zero-order valence-corrected chi connectivity index (χ0v) is 5.57. The summed E-state index contributed by atoms with van der Waals surface area (Å²) < 4.78 is 0. The largest absolute Gasteiger partial charge is 0.327 e.